The van der Waals surface area contributed by atoms with Gasteiger partial charge in [0.05, 0.1) is 23.3 Å². The predicted molar refractivity (Wildman–Crippen MR) is 82.8 cm³/mol. The molecular weight excluding hydrogens is 337 g/mol. The van der Waals surface area contributed by atoms with E-state index in [2.05, 4.69) is 31.4 Å². The largest absolute Gasteiger partial charge is 0.480 e. The van der Waals surface area contributed by atoms with Gasteiger partial charge < -0.3 is 10.1 Å². The van der Waals surface area contributed by atoms with Gasteiger partial charge in [0.15, 0.2) is 0 Å². The lowest BCUT2D eigenvalue weighted by Gasteiger charge is -2.17. The van der Waals surface area contributed by atoms with E-state index in [9.17, 15) is 4.39 Å². The van der Waals surface area contributed by atoms with Crippen molar-refractivity contribution >= 4 is 15.9 Å². The molecule has 0 aliphatic heterocycles. The van der Waals surface area contributed by atoms with E-state index in [1.54, 1.807) is 25.3 Å². The SMILES string of the molecule is CCNC(Cc1ccc(F)c(Br)c1)c1ccc(OC)nn1. The molecule has 0 aliphatic rings. The first-order chi connectivity index (χ1) is 10.1. The molecule has 0 fully saturated rings. The van der Waals surface area contributed by atoms with Crippen LogP contribution in [0.3, 0.4) is 0 Å². The maximum Gasteiger partial charge on any atom is 0.233 e. The van der Waals surface area contributed by atoms with E-state index in [-0.39, 0.29) is 11.9 Å². The average Bonchev–Trinajstić information content (AvgIpc) is 2.50. The van der Waals surface area contributed by atoms with E-state index < -0.39 is 0 Å². The zero-order valence-electron chi connectivity index (χ0n) is 11.9. The number of halogens is 2. The van der Waals surface area contributed by atoms with Gasteiger partial charge in [-0.3, -0.25) is 0 Å². The van der Waals surface area contributed by atoms with Crippen molar-refractivity contribution in [3.05, 3.63) is 51.9 Å². The molecule has 1 aromatic carbocycles. The van der Waals surface area contributed by atoms with Gasteiger partial charge in [0.2, 0.25) is 5.88 Å². The van der Waals surface area contributed by atoms with Gasteiger partial charge in [0.25, 0.3) is 0 Å². The average molecular weight is 354 g/mol. The van der Waals surface area contributed by atoms with Gasteiger partial charge in [-0.1, -0.05) is 13.0 Å². The van der Waals surface area contributed by atoms with Crippen LogP contribution < -0.4 is 10.1 Å². The second-order valence-electron chi connectivity index (χ2n) is 4.56. The van der Waals surface area contributed by atoms with Crippen LogP contribution in [0.1, 0.15) is 24.2 Å². The summed E-state index contributed by atoms with van der Waals surface area (Å²) in [7, 11) is 1.56. The summed E-state index contributed by atoms with van der Waals surface area (Å²) < 4.78 is 18.8. The van der Waals surface area contributed by atoms with Crippen LogP contribution in [-0.2, 0) is 6.42 Å². The van der Waals surface area contributed by atoms with Crippen LogP contribution in [0.2, 0.25) is 0 Å². The molecule has 2 rings (SSSR count). The Labute approximate surface area is 131 Å². The quantitative estimate of drug-likeness (QED) is 0.865. The Morgan fingerprint density at radius 1 is 1.29 bits per heavy atom. The second-order valence-corrected chi connectivity index (χ2v) is 5.42. The van der Waals surface area contributed by atoms with Crippen LogP contribution in [0, 0.1) is 5.82 Å². The van der Waals surface area contributed by atoms with Crippen molar-refractivity contribution < 1.29 is 9.13 Å². The number of benzene rings is 1. The van der Waals surface area contributed by atoms with Gasteiger partial charge in [-0.05, 0) is 52.7 Å². The molecule has 1 atom stereocenters. The summed E-state index contributed by atoms with van der Waals surface area (Å²) in [5, 5.41) is 11.5. The minimum Gasteiger partial charge on any atom is -0.480 e. The summed E-state index contributed by atoms with van der Waals surface area (Å²) >= 11 is 3.21. The third-order valence-electron chi connectivity index (χ3n) is 3.10. The molecule has 1 heterocycles. The minimum absolute atomic E-state index is 0.0192. The van der Waals surface area contributed by atoms with Gasteiger partial charge in [0, 0.05) is 6.07 Å². The summed E-state index contributed by atoms with van der Waals surface area (Å²) in [5.41, 5.74) is 1.85. The van der Waals surface area contributed by atoms with E-state index in [4.69, 9.17) is 4.74 Å². The summed E-state index contributed by atoms with van der Waals surface area (Å²) in [6.07, 6.45) is 0.702. The van der Waals surface area contributed by atoms with Crippen molar-refractivity contribution in [1.29, 1.82) is 0 Å². The lowest BCUT2D eigenvalue weighted by atomic mass is 10.0. The zero-order valence-corrected chi connectivity index (χ0v) is 13.5. The first-order valence-corrected chi connectivity index (χ1v) is 7.48. The normalized spacial score (nSPS) is 12.2. The van der Waals surface area contributed by atoms with Crippen molar-refractivity contribution in [3.63, 3.8) is 0 Å². The number of likely N-dealkylation sites (N-methyl/N-ethyl adjacent to an activating group) is 1. The molecule has 0 radical (unpaired) electrons. The highest BCUT2D eigenvalue weighted by Gasteiger charge is 2.14. The van der Waals surface area contributed by atoms with Crippen molar-refractivity contribution in [2.24, 2.45) is 0 Å². The number of nitrogens with zero attached hydrogens (tertiary/aromatic N) is 2. The summed E-state index contributed by atoms with van der Waals surface area (Å²) in [4.78, 5) is 0. The Morgan fingerprint density at radius 2 is 2.10 bits per heavy atom. The van der Waals surface area contributed by atoms with E-state index in [1.165, 1.54) is 6.07 Å². The van der Waals surface area contributed by atoms with Gasteiger partial charge in [-0.25, -0.2) is 4.39 Å². The van der Waals surface area contributed by atoms with Crippen LogP contribution in [-0.4, -0.2) is 23.9 Å². The van der Waals surface area contributed by atoms with Crippen LogP contribution in [0.4, 0.5) is 4.39 Å². The van der Waals surface area contributed by atoms with Crippen LogP contribution in [0.15, 0.2) is 34.8 Å². The maximum absolute atomic E-state index is 13.3. The van der Waals surface area contributed by atoms with E-state index >= 15 is 0 Å². The lowest BCUT2D eigenvalue weighted by molar-refractivity contribution is 0.389. The molecule has 0 saturated carbocycles. The first-order valence-electron chi connectivity index (χ1n) is 6.69. The van der Waals surface area contributed by atoms with Gasteiger partial charge in [0.1, 0.15) is 5.82 Å². The summed E-state index contributed by atoms with van der Waals surface area (Å²) in [5.74, 6) is 0.224. The number of hydrogen-bond acceptors (Lipinski definition) is 4. The van der Waals surface area contributed by atoms with Crippen LogP contribution in [0.5, 0.6) is 5.88 Å². The number of ether oxygens (including phenoxy) is 1. The van der Waals surface area contributed by atoms with Gasteiger partial charge >= 0.3 is 0 Å². The van der Waals surface area contributed by atoms with Crippen molar-refractivity contribution in [3.8, 4) is 5.88 Å². The monoisotopic (exact) mass is 353 g/mol. The van der Waals surface area contributed by atoms with E-state index in [0.717, 1.165) is 17.8 Å². The molecule has 1 N–H and O–H groups in total. The van der Waals surface area contributed by atoms with Crippen LogP contribution in [0.25, 0.3) is 0 Å². The van der Waals surface area contributed by atoms with Crippen molar-refractivity contribution in [2.45, 2.75) is 19.4 Å². The molecule has 0 bridgehead atoms. The number of methoxy groups -OCH3 is 1. The number of rotatable bonds is 6. The van der Waals surface area contributed by atoms with E-state index in [0.29, 0.717) is 16.8 Å². The first kappa shape index (κ1) is 15.9. The Morgan fingerprint density at radius 3 is 2.67 bits per heavy atom. The minimum atomic E-state index is -0.261. The number of nitrogens with one attached hydrogen (secondary N) is 1. The number of aromatic nitrogens is 2. The molecular formula is C15H17BrFN3O. The summed E-state index contributed by atoms with van der Waals surface area (Å²) in [6, 6.07) is 8.72. The highest BCUT2D eigenvalue weighted by Crippen LogP contribution is 2.22. The molecule has 0 aliphatic carbocycles. The standard InChI is InChI=1S/C15H17BrFN3O/c1-3-18-14(13-6-7-15(21-2)20-19-13)9-10-4-5-12(17)11(16)8-10/h4-8,14,18H,3,9H2,1-2H3. The smallest absolute Gasteiger partial charge is 0.233 e. The molecule has 0 saturated heterocycles. The molecule has 0 spiro atoms. The highest BCUT2D eigenvalue weighted by atomic mass is 79.9. The van der Waals surface area contributed by atoms with Crippen molar-refractivity contribution in [2.75, 3.05) is 13.7 Å². The number of hydrogen-bond donors (Lipinski definition) is 1. The Kier molecular flexibility index (Phi) is 5.64. The van der Waals surface area contributed by atoms with Crippen molar-refractivity contribution in [1.82, 2.24) is 15.5 Å². The van der Waals surface area contributed by atoms with Crippen LogP contribution >= 0.6 is 15.9 Å². The molecule has 6 heteroatoms. The highest BCUT2D eigenvalue weighted by molar-refractivity contribution is 9.10. The molecule has 0 amide bonds. The molecule has 21 heavy (non-hydrogen) atoms. The van der Waals surface area contributed by atoms with Gasteiger partial charge in [-0.15, -0.1) is 5.10 Å². The maximum atomic E-state index is 13.3. The lowest BCUT2D eigenvalue weighted by Crippen LogP contribution is -2.24. The summed E-state index contributed by atoms with van der Waals surface area (Å²) in [6.45, 7) is 2.84. The Hall–Kier alpha value is -1.53. The zero-order chi connectivity index (χ0) is 15.2. The fourth-order valence-electron chi connectivity index (χ4n) is 2.06. The third-order valence-corrected chi connectivity index (χ3v) is 3.71. The van der Waals surface area contributed by atoms with E-state index in [1.807, 2.05) is 13.0 Å². The third kappa shape index (κ3) is 4.22. The fourth-order valence-corrected chi connectivity index (χ4v) is 2.48. The van der Waals surface area contributed by atoms with Gasteiger partial charge in [-0.2, -0.15) is 5.10 Å². The predicted octanol–water partition coefficient (Wildman–Crippen LogP) is 3.28. The molecule has 2 aromatic rings. The molecule has 112 valence electrons. The Balaban J connectivity index is 2.19. The topological polar surface area (TPSA) is 47.0 Å². The fraction of sp³-hybridized carbons (Fsp3) is 0.333. The molecule has 1 aromatic heterocycles. The molecule has 4 nitrogen and oxygen atoms in total. The Bertz CT molecular complexity index is 592. The second kappa shape index (κ2) is 7.47. The molecule has 1 unspecified atom stereocenters.